The summed E-state index contributed by atoms with van der Waals surface area (Å²) >= 11 is 5.87. The molecule has 0 aliphatic rings. The van der Waals surface area contributed by atoms with Gasteiger partial charge in [0.05, 0.1) is 14.2 Å². The summed E-state index contributed by atoms with van der Waals surface area (Å²) in [6.45, 7) is 0. The maximum absolute atomic E-state index is 13.3. The van der Waals surface area contributed by atoms with Crippen molar-refractivity contribution in [1.82, 2.24) is 0 Å². The molecule has 0 radical (unpaired) electrons. The third kappa shape index (κ3) is 3.09. The number of ether oxygens (including phenoxy) is 2. The molecule has 0 fully saturated rings. The van der Waals surface area contributed by atoms with E-state index in [-0.39, 0.29) is 10.6 Å². The Morgan fingerprint density at radius 3 is 2.29 bits per heavy atom. The Bertz CT molecular complexity index is 662. The number of hydrogen-bond acceptors (Lipinski definition) is 3. The first-order valence-corrected chi connectivity index (χ1v) is 6.40. The van der Waals surface area contributed by atoms with Crippen LogP contribution in [-0.2, 0) is 0 Å². The summed E-state index contributed by atoms with van der Waals surface area (Å²) < 4.78 is 36.7. The molecule has 0 aliphatic carbocycles. The molecule has 0 heterocycles. The third-order valence-corrected chi connectivity index (χ3v) is 3.40. The summed E-state index contributed by atoms with van der Waals surface area (Å²) in [6.07, 6.45) is -1.26. The summed E-state index contributed by atoms with van der Waals surface area (Å²) in [5.41, 5.74) is 0.422. The lowest BCUT2D eigenvalue weighted by atomic mass is 10.00. The van der Waals surface area contributed by atoms with Crippen LogP contribution in [0.15, 0.2) is 30.3 Å². The molecule has 1 unspecified atom stereocenters. The van der Waals surface area contributed by atoms with Gasteiger partial charge in [0.1, 0.15) is 17.6 Å². The second kappa shape index (κ2) is 6.28. The Hall–Kier alpha value is -1.85. The van der Waals surface area contributed by atoms with Crippen molar-refractivity contribution < 1.29 is 23.4 Å². The summed E-state index contributed by atoms with van der Waals surface area (Å²) in [5.74, 6) is -1.26. The molecule has 2 rings (SSSR count). The molecule has 0 saturated heterocycles. The van der Waals surface area contributed by atoms with Gasteiger partial charge in [-0.3, -0.25) is 0 Å². The van der Waals surface area contributed by atoms with E-state index in [0.29, 0.717) is 17.1 Å². The molecule has 21 heavy (non-hydrogen) atoms. The molecule has 1 atom stereocenters. The maximum Gasteiger partial charge on any atom is 0.160 e. The highest BCUT2D eigenvalue weighted by Crippen LogP contribution is 2.36. The van der Waals surface area contributed by atoms with Crippen molar-refractivity contribution in [2.24, 2.45) is 0 Å². The third-order valence-electron chi connectivity index (χ3n) is 3.07. The van der Waals surface area contributed by atoms with Gasteiger partial charge in [-0.1, -0.05) is 11.6 Å². The van der Waals surface area contributed by atoms with Crippen molar-refractivity contribution >= 4 is 11.6 Å². The van der Waals surface area contributed by atoms with Gasteiger partial charge in [0.15, 0.2) is 11.6 Å². The molecule has 0 spiro atoms. The zero-order valence-electron chi connectivity index (χ0n) is 11.4. The van der Waals surface area contributed by atoms with E-state index < -0.39 is 17.7 Å². The van der Waals surface area contributed by atoms with Gasteiger partial charge in [-0.25, -0.2) is 8.78 Å². The highest BCUT2D eigenvalue weighted by molar-refractivity contribution is 6.31. The molecule has 1 N–H and O–H groups in total. The first-order chi connectivity index (χ1) is 9.97. The molecule has 2 aromatic carbocycles. The van der Waals surface area contributed by atoms with Gasteiger partial charge in [-0.15, -0.1) is 0 Å². The molecule has 112 valence electrons. The van der Waals surface area contributed by atoms with E-state index in [1.54, 1.807) is 18.2 Å². The Morgan fingerprint density at radius 2 is 1.67 bits per heavy atom. The predicted octanol–water partition coefficient (Wildman–Crippen LogP) is 3.72. The lowest BCUT2D eigenvalue weighted by Crippen LogP contribution is -2.05. The van der Waals surface area contributed by atoms with E-state index in [1.165, 1.54) is 14.2 Å². The fourth-order valence-corrected chi connectivity index (χ4v) is 2.21. The van der Waals surface area contributed by atoms with E-state index in [2.05, 4.69) is 0 Å². The van der Waals surface area contributed by atoms with Crippen molar-refractivity contribution in [3.8, 4) is 11.5 Å². The van der Waals surface area contributed by atoms with Crippen LogP contribution in [-0.4, -0.2) is 19.3 Å². The van der Waals surface area contributed by atoms with E-state index >= 15 is 0 Å². The van der Waals surface area contributed by atoms with Crippen molar-refractivity contribution in [3.63, 3.8) is 0 Å². The molecule has 0 bridgehead atoms. The summed E-state index contributed by atoms with van der Waals surface area (Å²) in [4.78, 5) is 0. The minimum Gasteiger partial charge on any atom is -0.497 e. The van der Waals surface area contributed by atoms with Gasteiger partial charge >= 0.3 is 0 Å². The van der Waals surface area contributed by atoms with E-state index in [0.717, 1.165) is 12.1 Å². The average molecular weight is 315 g/mol. The van der Waals surface area contributed by atoms with Crippen LogP contribution in [0.25, 0.3) is 0 Å². The van der Waals surface area contributed by atoms with Crippen LogP contribution >= 0.6 is 11.6 Å². The largest absolute Gasteiger partial charge is 0.497 e. The SMILES string of the molecule is COc1ccc(C(O)c2cc(F)c(F)cc2Cl)c(OC)c1. The van der Waals surface area contributed by atoms with E-state index in [4.69, 9.17) is 21.1 Å². The minimum absolute atomic E-state index is 0.0547. The lowest BCUT2D eigenvalue weighted by molar-refractivity contribution is 0.214. The number of aliphatic hydroxyl groups is 1. The second-order valence-electron chi connectivity index (χ2n) is 4.30. The van der Waals surface area contributed by atoms with Crippen LogP contribution < -0.4 is 9.47 Å². The van der Waals surface area contributed by atoms with Crippen molar-refractivity contribution in [1.29, 1.82) is 0 Å². The summed E-state index contributed by atoms with van der Waals surface area (Å²) in [5, 5.41) is 10.3. The Labute approximate surface area is 125 Å². The van der Waals surface area contributed by atoms with Crippen LogP contribution in [0.1, 0.15) is 17.2 Å². The predicted molar refractivity (Wildman–Crippen MR) is 75.0 cm³/mol. The molecule has 0 aromatic heterocycles. The Kier molecular flexibility index (Phi) is 4.65. The molecule has 3 nitrogen and oxygen atoms in total. The number of hydrogen-bond donors (Lipinski definition) is 1. The summed E-state index contributed by atoms with van der Waals surface area (Å²) in [7, 11) is 2.93. The highest BCUT2D eigenvalue weighted by atomic mass is 35.5. The molecule has 6 heteroatoms. The second-order valence-corrected chi connectivity index (χ2v) is 4.71. The van der Waals surface area contributed by atoms with Crippen LogP contribution in [0.2, 0.25) is 5.02 Å². The standard InChI is InChI=1S/C15H13ClF2O3/c1-20-8-3-4-9(14(5-8)21-2)15(19)10-6-12(17)13(18)7-11(10)16/h3-7,15,19H,1-2H3. The van der Waals surface area contributed by atoms with Crippen LogP contribution in [0.5, 0.6) is 11.5 Å². The molecule has 0 aliphatic heterocycles. The van der Waals surface area contributed by atoms with Gasteiger partial charge in [0, 0.05) is 22.2 Å². The normalized spacial score (nSPS) is 12.1. The summed E-state index contributed by atoms with van der Waals surface area (Å²) in [6, 6.07) is 6.46. The number of benzene rings is 2. The lowest BCUT2D eigenvalue weighted by Gasteiger charge is -2.17. The zero-order chi connectivity index (χ0) is 15.6. The number of methoxy groups -OCH3 is 2. The molecule has 0 amide bonds. The van der Waals surface area contributed by atoms with Crippen molar-refractivity contribution in [3.05, 3.63) is 58.1 Å². The monoisotopic (exact) mass is 314 g/mol. The van der Waals surface area contributed by atoms with Gasteiger partial charge in [-0.05, 0) is 24.3 Å². The zero-order valence-corrected chi connectivity index (χ0v) is 12.1. The molecule has 0 saturated carbocycles. The van der Waals surface area contributed by atoms with Gasteiger partial charge in [0.2, 0.25) is 0 Å². The maximum atomic E-state index is 13.3. The minimum atomic E-state index is -1.26. The molecule has 2 aromatic rings. The Balaban J connectivity index is 2.49. The van der Waals surface area contributed by atoms with E-state index in [1.807, 2.05) is 0 Å². The topological polar surface area (TPSA) is 38.7 Å². The highest BCUT2D eigenvalue weighted by Gasteiger charge is 2.21. The smallest absolute Gasteiger partial charge is 0.160 e. The number of aliphatic hydroxyl groups excluding tert-OH is 1. The average Bonchev–Trinajstić information content (AvgIpc) is 2.49. The fourth-order valence-electron chi connectivity index (χ4n) is 1.96. The van der Waals surface area contributed by atoms with Crippen LogP contribution in [0.4, 0.5) is 8.78 Å². The Morgan fingerprint density at radius 1 is 1.00 bits per heavy atom. The van der Waals surface area contributed by atoms with Crippen molar-refractivity contribution in [2.45, 2.75) is 6.10 Å². The molecular formula is C15H13ClF2O3. The quantitative estimate of drug-likeness (QED) is 0.874. The van der Waals surface area contributed by atoms with Gasteiger partial charge in [0.25, 0.3) is 0 Å². The first kappa shape index (κ1) is 15.5. The van der Waals surface area contributed by atoms with Crippen molar-refractivity contribution in [2.75, 3.05) is 14.2 Å². The van der Waals surface area contributed by atoms with Gasteiger partial charge < -0.3 is 14.6 Å². The van der Waals surface area contributed by atoms with E-state index in [9.17, 15) is 13.9 Å². The van der Waals surface area contributed by atoms with Crippen LogP contribution in [0, 0.1) is 11.6 Å². The fraction of sp³-hybridized carbons (Fsp3) is 0.200. The number of halogens is 3. The van der Waals surface area contributed by atoms with Crippen LogP contribution in [0.3, 0.4) is 0 Å². The molecular weight excluding hydrogens is 302 g/mol. The number of rotatable bonds is 4. The van der Waals surface area contributed by atoms with Gasteiger partial charge in [-0.2, -0.15) is 0 Å². The first-order valence-electron chi connectivity index (χ1n) is 6.02.